The van der Waals surface area contributed by atoms with E-state index < -0.39 is 5.60 Å². The van der Waals surface area contributed by atoms with Gasteiger partial charge in [0.05, 0.1) is 16.7 Å². The van der Waals surface area contributed by atoms with E-state index in [4.69, 9.17) is 16.3 Å². The van der Waals surface area contributed by atoms with Crippen LogP contribution in [-0.2, 0) is 16.0 Å². The van der Waals surface area contributed by atoms with Crippen molar-refractivity contribution >= 4 is 23.7 Å². The van der Waals surface area contributed by atoms with Gasteiger partial charge in [-0.2, -0.15) is 0 Å². The lowest BCUT2D eigenvalue weighted by Gasteiger charge is -2.23. The zero-order valence-corrected chi connectivity index (χ0v) is 18.8. The summed E-state index contributed by atoms with van der Waals surface area (Å²) < 4.78 is 5.91. The number of phenols is 2. The fourth-order valence-corrected chi connectivity index (χ4v) is 4.22. The molecule has 1 aliphatic heterocycles. The van der Waals surface area contributed by atoms with Gasteiger partial charge >= 0.3 is 0 Å². The second kappa shape index (κ2) is 9.48. The van der Waals surface area contributed by atoms with Gasteiger partial charge in [0.25, 0.3) is 0 Å². The number of benzene rings is 1. The van der Waals surface area contributed by atoms with E-state index in [-0.39, 0.29) is 34.0 Å². The molecule has 2 rings (SSSR count). The monoisotopic (exact) mass is 424 g/mol. The third-order valence-corrected chi connectivity index (χ3v) is 6.73. The SMILES string of the molecule is Cc1c(Cl)c(O)c(CCC(C)CCCC(C)[C@@H]2CC(=O)C(C)(C)O2)c(O)c1C=O. The van der Waals surface area contributed by atoms with Crippen molar-refractivity contribution < 1.29 is 24.5 Å². The Morgan fingerprint density at radius 2 is 1.86 bits per heavy atom. The zero-order valence-electron chi connectivity index (χ0n) is 18.0. The number of aromatic hydroxyl groups is 2. The first-order valence-electron chi connectivity index (χ1n) is 10.4. The second-order valence-electron chi connectivity index (χ2n) is 8.99. The van der Waals surface area contributed by atoms with Crippen LogP contribution in [0.1, 0.15) is 81.3 Å². The molecule has 0 aromatic heterocycles. The fraction of sp³-hybridized carbons (Fsp3) is 0.652. The standard InChI is InChI=1S/C23H33ClO5/c1-13(7-6-8-14(2)18-11-19(26)23(4,5)29-18)9-10-16-21(27)17(12-25)15(3)20(24)22(16)28/h12-14,18,27-28H,6-11H2,1-5H3/t13?,14?,18-/m0/s1. The molecular weight excluding hydrogens is 392 g/mol. The quantitative estimate of drug-likeness (QED) is 0.519. The summed E-state index contributed by atoms with van der Waals surface area (Å²) >= 11 is 6.11. The Bertz CT molecular complexity index is 771. The molecule has 29 heavy (non-hydrogen) atoms. The topological polar surface area (TPSA) is 83.8 Å². The van der Waals surface area contributed by atoms with Gasteiger partial charge in [0.2, 0.25) is 0 Å². The van der Waals surface area contributed by atoms with E-state index in [2.05, 4.69) is 13.8 Å². The van der Waals surface area contributed by atoms with Crippen molar-refractivity contribution in [3.8, 4) is 11.5 Å². The van der Waals surface area contributed by atoms with Crippen molar-refractivity contribution in [2.75, 3.05) is 0 Å². The van der Waals surface area contributed by atoms with E-state index in [9.17, 15) is 19.8 Å². The molecule has 1 aliphatic rings. The van der Waals surface area contributed by atoms with Crippen LogP contribution < -0.4 is 0 Å². The average molecular weight is 425 g/mol. The smallest absolute Gasteiger partial charge is 0.166 e. The summed E-state index contributed by atoms with van der Waals surface area (Å²) in [6.07, 6.45) is 5.27. The summed E-state index contributed by atoms with van der Waals surface area (Å²) in [5.41, 5.74) is 0.200. The molecule has 1 fully saturated rings. The molecule has 1 aromatic carbocycles. The van der Waals surface area contributed by atoms with Gasteiger partial charge in [-0.3, -0.25) is 9.59 Å². The molecule has 6 heteroatoms. The van der Waals surface area contributed by atoms with Gasteiger partial charge < -0.3 is 14.9 Å². The predicted molar refractivity (Wildman–Crippen MR) is 114 cm³/mol. The van der Waals surface area contributed by atoms with Crippen LogP contribution in [0.2, 0.25) is 5.02 Å². The second-order valence-corrected chi connectivity index (χ2v) is 9.37. The maximum atomic E-state index is 12.0. The zero-order chi connectivity index (χ0) is 21.9. The maximum Gasteiger partial charge on any atom is 0.166 e. The Kier molecular flexibility index (Phi) is 7.74. The lowest BCUT2D eigenvalue weighted by Crippen LogP contribution is -2.28. The van der Waals surface area contributed by atoms with Crippen molar-refractivity contribution in [1.29, 1.82) is 0 Å². The number of rotatable bonds is 9. The summed E-state index contributed by atoms with van der Waals surface area (Å²) in [5.74, 6) is 0.564. The van der Waals surface area contributed by atoms with E-state index in [0.717, 1.165) is 25.7 Å². The number of aldehydes is 1. The molecule has 1 saturated heterocycles. The molecule has 0 aliphatic carbocycles. The molecule has 0 spiro atoms. The van der Waals surface area contributed by atoms with Crippen LogP contribution in [-0.4, -0.2) is 34.0 Å². The minimum absolute atomic E-state index is 0.00170. The fourth-order valence-electron chi connectivity index (χ4n) is 4.00. The third kappa shape index (κ3) is 5.32. The minimum atomic E-state index is -0.661. The van der Waals surface area contributed by atoms with E-state index in [1.54, 1.807) is 6.92 Å². The van der Waals surface area contributed by atoms with Gasteiger partial charge in [0.15, 0.2) is 12.1 Å². The Labute approximate surface area is 178 Å². The normalized spacial score (nSPS) is 20.6. The van der Waals surface area contributed by atoms with Gasteiger partial charge in [-0.15, -0.1) is 0 Å². The average Bonchev–Trinajstić information content (AvgIpc) is 2.93. The molecule has 2 unspecified atom stereocenters. The Balaban J connectivity index is 1.85. The van der Waals surface area contributed by atoms with Crippen LogP contribution in [0.5, 0.6) is 11.5 Å². The van der Waals surface area contributed by atoms with Crippen molar-refractivity contribution in [3.05, 3.63) is 21.7 Å². The van der Waals surface area contributed by atoms with Gasteiger partial charge in [-0.05, 0) is 57.4 Å². The lowest BCUT2D eigenvalue weighted by atomic mass is 9.90. The highest BCUT2D eigenvalue weighted by atomic mass is 35.5. The van der Waals surface area contributed by atoms with Gasteiger partial charge in [-0.1, -0.05) is 38.3 Å². The summed E-state index contributed by atoms with van der Waals surface area (Å²) in [6.45, 7) is 9.54. The van der Waals surface area contributed by atoms with Crippen LogP contribution in [0.4, 0.5) is 0 Å². The highest BCUT2D eigenvalue weighted by Crippen LogP contribution is 2.41. The highest BCUT2D eigenvalue weighted by Gasteiger charge is 2.41. The predicted octanol–water partition coefficient (Wildman–Crippen LogP) is 5.38. The van der Waals surface area contributed by atoms with Crippen LogP contribution in [0.25, 0.3) is 0 Å². The van der Waals surface area contributed by atoms with Crippen molar-refractivity contribution in [2.24, 2.45) is 11.8 Å². The number of carbonyl (C=O) groups is 2. The third-order valence-electron chi connectivity index (χ3n) is 6.27. The molecule has 1 heterocycles. The molecule has 162 valence electrons. The number of carbonyl (C=O) groups excluding carboxylic acids is 2. The number of hydrogen-bond donors (Lipinski definition) is 2. The minimum Gasteiger partial charge on any atom is -0.507 e. The van der Waals surface area contributed by atoms with Crippen LogP contribution in [0, 0.1) is 18.8 Å². The molecule has 3 atom stereocenters. The van der Waals surface area contributed by atoms with Crippen molar-refractivity contribution in [1.82, 2.24) is 0 Å². The molecule has 0 bridgehead atoms. The molecule has 5 nitrogen and oxygen atoms in total. The number of ether oxygens (including phenoxy) is 1. The molecule has 0 saturated carbocycles. The van der Waals surface area contributed by atoms with Crippen LogP contribution in [0.15, 0.2) is 0 Å². The molecular formula is C23H33ClO5. The number of halogens is 1. The molecule has 2 N–H and O–H groups in total. The largest absolute Gasteiger partial charge is 0.507 e. The van der Waals surface area contributed by atoms with E-state index in [1.807, 2.05) is 13.8 Å². The summed E-state index contributed by atoms with van der Waals surface area (Å²) in [6, 6.07) is 0. The van der Waals surface area contributed by atoms with E-state index in [1.165, 1.54) is 0 Å². The van der Waals surface area contributed by atoms with Crippen LogP contribution >= 0.6 is 11.6 Å². The Morgan fingerprint density at radius 3 is 2.41 bits per heavy atom. The van der Waals surface area contributed by atoms with Gasteiger partial charge in [0.1, 0.15) is 17.1 Å². The summed E-state index contributed by atoms with van der Waals surface area (Å²) in [7, 11) is 0. The summed E-state index contributed by atoms with van der Waals surface area (Å²) in [4.78, 5) is 23.2. The van der Waals surface area contributed by atoms with E-state index in [0.29, 0.717) is 42.1 Å². The number of ketones is 1. The first kappa shape index (κ1) is 23.7. The Morgan fingerprint density at radius 1 is 1.21 bits per heavy atom. The van der Waals surface area contributed by atoms with Crippen molar-refractivity contribution in [2.45, 2.75) is 84.8 Å². The molecule has 0 amide bonds. The van der Waals surface area contributed by atoms with Gasteiger partial charge in [0, 0.05) is 12.0 Å². The number of Topliss-reactive ketones (excluding diaryl/α,β-unsaturated/α-hetero) is 1. The van der Waals surface area contributed by atoms with Crippen LogP contribution in [0.3, 0.4) is 0 Å². The summed E-state index contributed by atoms with van der Waals surface area (Å²) in [5, 5.41) is 20.7. The van der Waals surface area contributed by atoms with E-state index >= 15 is 0 Å². The number of phenolic OH excluding ortho intramolecular Hbond substituents is 2. The lowest BCUT2D eigenvalue weighted by molar-refractivity contribution is -0.130. The Hall–Kier alpha value is -1.59. The highest BCUT2D eigenvalue weighted by molar-refractivity contribution is 6.33. The molecule has 1 aromatic rings. The first-order valence-corrected chi connectivity index (χ1v) is 10.8. The maximum absolute atomic E-state index is 12.0. The van der Waals surface area contributed by atoms with Crippen molar-refractivity contribution in [3.63, 3.8) is 0 Å². The number of hydrogen-bond acceptors (Lipinski definition) is 5. The first-order chi connectivity index (χ1) is 13.5. The molecule has 0 radical (unpaired) electrons. The van der Waals surface area contributed by atoms with Gasteiger partial charge in [-0.25, -0.2) is 0 Å².